The van der Waals surface area contributed by atoms with Crippen LogP contribution in [0.15, 0.2) is 67.3 Å². The molecule has 0 aliphatic carbocycles. The van der Waals surface area contributed by atoms with Gasteiger partial charge in [0, 0.05) is 27.7 Å². The van der Waals surface area contributed by atoms with Gasteiger partial charge in [0.2, 0.25) is 0 Å². The molecule has 1 aliphatic heterocycles. The molecule has 0 saturated carbocycles. The van der Waals surface area contributed by atoms with Crippen molar-refractivity contribution in [2.75, 3.05) is 6.54 Å². The highest BCUT2D eigenvalue weighted by Crippen LogP contribution is 2.37. The molecule has 0 unspecified atom stereocenters. The van der Waals surface area contributed by atoms with E-state index in [4.69, 9.17) is 39.2 Å². The van der Waals surface area contributed by atoms with E-state index in [2.05, 4.69) is 20.9 Å². The lowest BCUT2D eigenvalue weighted by Gasteiger charge is -2.12. The molecule has 0 radical (unpaired) electrons. The molecule has 0 atom stereocenters. The largest absolute Gasteiger partial charge is 0.457 e. The summed E-state index contributed by atoms with van der Waals surface area (Å²) in [6.07, 6.45) is 1.71. The van der Waals surface area contributed by atoms with Crippen LogP contribution in [0, 0.1) is 0 Å². The maximum Gasteiger partial charge on any atom is 0.266 e. The van der Waals surface area contributed by atoms with Crippen molar-refractivity contribution in [2.24, 2.45) is 4.99 Å². The fourth-order valence-corrected chi connectivity index (χ4v) is 4.89. The van der Waals surface area contributed by atoms with Crippen molar-refractivity contribution in [2.45, 2.75) is 6.92 Å². The summed E-state index contributed by atoms with van der Waals surface area (Å²) in [6, 6.07) is 14.2. The molecular weight excluding hydrogens is 543 g/mol. The second-order valence-corrected chi connectivity index (χ2v) is 9.59. The molecule has 1 fully saturated rings. The molecule has 9 heteroatoms. The maximum atomic E-state index is 12.9. The zero-order chi connectivity index (χ0) is 22.1. The first-order chi connectivity index (χ1) is 14.9. The van der Waals surface area contributed by atoms with E-state index in [1.165, 1.54) is 11.8 Å². The lowest BCUT2D eigenvalue weighted by Crippen LogP contribution is -2.28. The molecule has 158 valence electrons. The third kappa shape index (κ3) is 4.89. The summed E-state index contributed by atoms with van der Waals surface area (Å²) in [4.78, 5) is 19.6. The summed E-state index contributed by atoms with van der Waals surface area (Å²) in [6.45, 7) is 2.40. The zero-order valence-corrected chi connectivity index (χ0v) is 20.7. The van der Waals surface area contributed by atoms with Gasteiger partial charge >= 0.3 is 0 Å². The number of hydrogen-bond donors (Lipinski definition) is 0. The van der Waals surface area contributed by atoms with E-state index in [0.29, 0.717) is 48.9 Å². The molecule has 0 bridgehead atoms. The molecule has 1 aromatic heterocycles. The van der Waals surface area contributed by atoms with Crippen molar-refractivity contribution in [3.63, 3.8) is 0 Å². The van der Waals surface area contributed by atoms with Crippen molar-refractivity contribution in [3.8, 4) is 11.3 Å². The molecule has 1 aliphatic rings. The Bertz CT molecular complexity index is 1240. The van der Waals surface area contributed by atoms with Crippen LogP contribution in [0.1, 0.15) is 12.7 Å². The number of hydrogen-bond acceptors (Lipinski definition) is 4. The highest BCUT2D eigenvalue weighted by atomic mass is 79.9. The van der Waals surface area contributed by atoms with Crippen LogP contribution in [0.2, 0.25) is 15.1 Å². The molecule has 1 amide bonds. The van der Waals surface area contributed by atoms with Crippen molar-refractivity contribution in [1.82, 2.24) is 4.90 Å². The molecule has 4 nitrogen and oxygen atoms in total. The summed E-state index contributed by atoms with van der Waals surface area (Å²) in [5.74, 6) is 1.01. The number of aliphatic imine (C=N–C) groups is 1. The fraction of sp³-hybridized carbons (Fsp3) is 0.0909. The smallest absolute Gasteiger partial charge is 0.266 e. The van der Waals surface area contributed by atoms with Crippen molar-refractivity contribution < 1.29 is 9.21 Å². The van der Waals surface area contributed by atoms with Crippen LogP contribution in [0.5, 0.6) is 0 Å². The average molecular weight is 557 g/mol. The van der Waals surface area contributed by atoms with Gasteiger partial charge in [-0.05, 0) is 83.1 Å². The Morgan fingerprint density at radius 2 is 1.90 bits per heavy atom. The number of halogens is 4. The second-order valence-electron chi connectivity index (χ2n) is 6.48. The van der Waals surface area contributed by atoms with E-state index in [-0.39, 0.29) is 5.91 Å². The van der Waals surface area contributed by atoms with Gasteiger partial charge in [-0.1, -0.05) is 34.8 Å². The lowest BCUT2D eigenvalue weighted by atomic mass is 10.2. The Hall–Kier alpha value is -1.70. The van der Waals surface area contributed by atoms with E-state index in [0.717, 1.165) is 10.0 Å². The minimum atomic E-state index is -0.128. The molecule has 0 N–H and O–H groups in total. The molecule has 2 aromatic carbocycles. The van der Waals surface area contributed by atoms with Crippen LogP contribution in [-0.2, 0) is 4.79 Å². The Morgan fingerprint density at radius 3 is 2.61 bits per heavy atom. The Balaban J connectivity index is 1.63. The van der Waals surface area contributed by atoms with E-state index < -0.39 is 0 Å². The van der Waals surface area contributed by atoms with Gasteiger partial charge in [-0.2, -0.15) is 0 Å². The number of rotatable bonds is 4. The lowest BCUT2D eigenvalue weighted by molar-refractivity contribution is -0.122. The first-order valence-corrected chi connectivity index (χ1v) is 11.9. The number of nitrogens with zero attached hydrogens (tertiary/aromatic N) is 2. The van der Waals surface area contributed by atoms with Crippen LogP contribution in [0.25, 0.3) is 17.4 Å². The first kappa shape index (κ1) is 22.5. The summed E-state index contributed by atoms with van der Waals surface area (Å²) in [7, 11) is 0. The summed E-state index contributed by atoms with van der Waals surface area (Å²) >= 11 is 23.1. The average Bonchev–Trinajstić information content (AvgIpc) is 3.29. The van der Waals surface area contributed by atoms with E-state index in [1.54, 1.807) is 41.3 Å². The van der Waals surface area contributed by atoms with Gasteiger partial charge in [-0.25, -0.2) is 4.99 Å². The quantitative estimate of drug-likeness (QED) is 0.304. The Labute approximate surface area is 207 Å². The minimum Gasteiger partial charge on any atom is -0.457 e. The van der Waals surface area contributed by atoms with Gasteiger partial charge in [0.05, 0.1) is 20.6 Å². The van der Waals surface area contributed by atoms with Crippen LogP contribution < -0.4 is 0 Å². The SMILES string of the molecule is CCN1C(=O)/C(=C\c2ccc(-c3ccc(Cl)cc3Cl)o2)SC1=Nc1ccc(Br)c(Cl)c1. The normalized spacial score (nSPS) is 16.7. The first-order valence-electron chi connectivity index (χ1n) is 9.16. The summed E-state index contributed by atoms with van der Waals surface area (Å²) in [5, 5.41) is 2.19. The van der Waals surface area contributed by atoms with E-state index in [9.17, 15) is 4.79 Å². The van der Waals surface area contributed by atoms with Crippen LogP contribution in [0.3, 0.4) is 0 Å². The van der Waals surface area contributed by atoms with Crippen LogP contribution in [0.4, 0.5) is 5.69 Å². The monoisotopic (exact) mass is 554 g/mol. The maximum absolute atomic E-state index is 12.9. The van der Waals surface area contributed by atoms with E-state index in [1.807, 2.05) is 25.1 Å². The number of amides is 1. The van der Waals surface area contributed by atoms with Crippen LogP contribution >= 0.6 is 62.5 Å². The predicted molar refractivity (Wildman–Crippen MR) is 133 cm³/mol. The molecule has 4 rings (SSSR count). The Kier molecular flexibility index (Phi) is 6.84. The molecule has 31 heavy (non-hydrogen) atoms. The second kappa shape index (κ2) is 9.43. The number of benzene rings is 2. The number of carbonyl (C=O) groups excluding carboxylic acids is 1. The standard InChI is InChI=1S/C22H14BrCl3N2O2S/c1-2-28-21(29)20(31-22(28)27-13-4-7-16(23)18(26)10-13)11-14-5-8-19(30-14)15-6-3-12(24)9-17(15)25/h3-11H,2H2,1H3/b20-11+,27-22?. The molecule has 3 aromatic rings. The third-order valence-electron chi connectivity index (χ3n) is 4.43. The van der Waals surface area contributed by atoms with Gasteiger partial charge in [0.15, 0.2) is 5.17 Å². The minimum absolute atomic E-state index is 0.128. The topological polar surface area (TPSA) is 45.8 Å². The van der Waals surface area contributed by atoms with E-state index >= 15 is 0 Å². The van der Waals surface area contributed by atoms with Gasteiger partial charge in [-0.15, -0.1) is 0 Å². The zero-order valence-electron chi connectivity index (χ0n) is 16.0. The van der Waals surface area contributed by atoms with Gasteiger partial charge in [0.25, 0.3) is 5.91 Å². The fourth-order valence-electron chi connectivity index (χ4n) is 2.93. The van der Waals surface area contributed by atoms with Crippen molar-refractivity contribution in [1.29, 1.82) is 0 Å². The molecule has 2 heterocycles. The third-order valence-corrected chi connectivity index (χ3v) is 7.22. The number of amidine groups is 1. The van der Waals surface area contributed by atoms with Gasteiger partial charge < -0.3 is 4.42 Å². The number of furan rings is 1. The highest BCUT2D eigenvalue weighted by molar-refractivity contribution is 9.10. The number of carbonyl (C=O) groups is 1. The van der Waals surface area contributed by atoms with Gasteiger partial charge in [-0.3, -0.25) is 9.69 Å². The molecule has 0 spiro atoms. The Morgan fingerprint density at radius 1 is 1.10 bits per heavy atom. The van der Waals surface area contributed by atoms with Crippen LogP contribution in [-0.4, -0.2) is 22.5 Å². The predicted octanol–water partition coefficient (Wildman–Crippen LogP) is 8.29. The highest BCUT2D eigenvalue weighted by Gasteiger charge is 2.32. The number of thioether (sulfide) groups is 1. The van der Waals surface area contributed by atoms with Crippen molar-refractivity contribution in [3.05, 3.63) is 78.7 Å². The molecular formula is C22H14BrCl3N2O2S. The summed E-state index contributed by atoms with van der Waals surface area (Å²) in [5.41, 5.74) is 1.39. The number of likely N-dealkylation sites (N-methyl/N-ethyl adjacent to an activating group) is 1. The van der Waals surface area contributed by atoms with Gasteiger partial charge in [0.1, 0.15) is 11.5 Å². The molecule has 1 saturated heterocycles. The summed E-state index contributed by atoms with van der Waals surface area (Å²) < 4.78 is 6.69. The van der Waals surface area contributed by atoms with Crippen molar-refractivity contribution >= 4 is 85.3 Å².